The van der Waals surface area contributed by atoms with Crippen LogP contribution in [-0.2, 0) is 11.3 Å². The molecule has 1 aliphatic rings. The molecule has 114 valence electrons. The Balaban J connectivity index is 1.75. The molecule has 0 unspecified atom stereocenters. The van der Waals surface area contributed by atoms with E-state index in [9.17, 15) is 9.59 Å². The van der Waals surface area contributed by atoms with Crippen molar-refractivity contribution in [1.29, 1.82) is 0 Å². The van der Waals surface area contributed by atoms with Gasteiger partial charge in [-0.05, 0) is 38.4 Å². The molecular formula is C16H23N3O2. The van der Waals surface area contributed by atoms with E-state index in [0.717, 1.165) is 31.5 Å². The smallest absolute Gasteiger partial charge is 0.321 e. The van der Waals surface area contributed by atoms with Gasteiger partial charge < -0.3 is 5.32 Å². The van der Waals surface area contributed by atoms with Crippen molar-refractivity contribution in [3.05, 3.63) is 35.9 Å². The van der Waals surface area contributed by atoms with Gasteiger partial charge in [0.15, 0.2) is 0 Å². The monoisotopic (exact) mass is 289 g/mol. The first kappa shape index (κ1) is 15.5. The van der Waals surface area contributed by atoms with Gasteiger partial charge >= 0.3 is 6.03 Å². The fourth-order valence-electron chi connectivity index (χ4n) is 2.51. The van der Waals surface area contributed by atoms with Crippen LogP contribution in [0.2, 0.25) is 0 Å². The van der Waals surface area contributed by atoms with Crippen LogP contribution in [0.4, 0.5) is 4.79 Å². The number of nitrogens with zero attached hydrogens (tertiary/aromatic N) is 1. The van der Waals surface area contributed by atoms with Crippen LogP contribution in [0.15, 0.2) is 30.3 Å². The Morgan fingerprint density at radius 3 is 2.48 bits per heavy atom. The van der Waals surface area contributed by atoms with E-state index < -0.39 is 6.03 Å². The molecule has 5 nitrogen and oxygen atoms in total. The molecular weight excluding hydrogens is 266 g/mol. The third-order valence-corrected chi connectivity index (χ3v) is 3.85. The molecule has 1 fully saturated rings. The lowest BCUT2D eigenvalue weighted by Crippen LogP contribution is -2.50. The molecule has 1 aliphatic heterocycles. The van der Waals surface area contributed by atoms with E-state index in [2.05, 4.69) is 15.5 Å². The number of urea groups is 1. The minimum Gasteiger partial charge on any atom is -0.334 e. The second kappa shape index (κ2) is 7.78. The summed E-state index contributed by atoms with van der Waals surface area (Å²) < 4.78 is 0. The summed E-state index contributed by atoms with van der Waals surface area (Å²) >= 11 is 0. The molecule has 3 amide bonds. The third kappa shape index (κ3) is 4.86. The number of hydrogen-bond acceptors (Lipinski definition) is 3. The number of carbonyl (C=O) groups excluding carboxylic acids is 2. The number of likely N-dealkylation sites (tertiary alicyclic amines) is 1. The van der Waals surface area contributed by atoms with Crippen molar-refractivity contribution in [2.24, 2.45) is 0 Å². The summed E-state index contributed by atoms with van der Waals surface area (Å²) in [4.78, 5) is 25.9. The number of imide groups is 1. The Kier molecular flexibility index (Phi) is 5.75. The fourth-order valence-corrected chi connectivity index (χ4v) is 2.51. The Bertz CT molecular complexity index is 470. The highest BCUT2D eigenvalue weighted by Crippen LogP contribution is 2.11. The molecule has 0 bridgehead atoms. The highest BCUT2D eigenvalue weighted by Gasteiger charge is 2.23. The SMILES string of the molecule is C[C@H](C(=O)NC(=O)NCc1ccccc1)N1CCCCC1. The molecule has 1 saturated heterocycles. The average Bonchev–Trinajstić information content (AvgIpc) is 2.54. The lowest BCUT2D eigenvalue weighted by molar-refractivity contribution is -0.125. The first-order chi connectivity index (χ1) is 10.2. The minimum absolute atomic E-state index is 0.234. The van der Waals surface area contributed by atoms with Gasteiger partial charge in [-0.1, -0.05) is 36.8 Å². The summed E-state index contributed by atoms with van der Waals surface area (Å²) in [6, 6.07) is 8.92. The van der Waals surface area contributed by atoms with Crippen LogP contribution in [0, 0.1) is 0 Å². The highest BCUT2D eigenvalue weighted by atomic mass is 16.2. The summed E-state index contributed by atoms with van der Waals surface area (Å²) in [5.74, 6) is -0.234. The van der Waals surface area contributed by atoms with Crippen LogP contribution < -0.4 is 10.6 Å². The van der Waals surface area contributed by atoms with E-state index in [1.807, 2.05) is 37.3 Å². The number of amides is 3. The second-order valence-electron chi connectivity index (χ2n) is 5.43. The van der Waals surface area contributed by atoms with Crippen molar-refractivity contribution in [3.8, 4) is 0 Å². The molecule has 21 heavy (non-hydrogen) atoms. The van der Waals surface area contributed by atoms with Gasteiger partial charge in [-0.3, -0.25) is 15.0 Å². The summed E-state index contributed by atoms with van der Waals surface area (Å²) in [5.41, 5.74) is 1.00. The summed E-state index contributed by atoms with van der Waals surface area (Å²) in [6.07, 6.45) is 3.47. The van der Waals surface area contributed by atoms with E-state index >= 15 is 0 Å². The Morgan fingerprint density at radius 1 is 1.14 bits per heavy atom. The van der Waals surface area contributed by atoms with Crippen LogP contribution >= 0.6 is 0 Å². The van der Waals surface area contributed by atoms with Crippen LogP contribution in [-0.4, -0.2) is 36.0 Å². The van der Waals surface area contributed by atoms with Gasteiger partial charge in [-0.2, -0.15) is 0 Å². The van der Waals surface area contributed by atoms with Crippen molar-refractivity contribution in [1.82, 2.24) is 15.5 Å². The third-order valence-electron chi connectivity index (χ3n) is 3.85. The van der Waals surface area contributed by atoms with Crippen LogP contribution in [0.3, 0.4) is 0 Å². The van der Waals surface area contributed by atoms with E-state index in [1.54, 1.807) is 0 Å². The van der Waals surface area contributed by atoms with Gasteiger partial charge in [0.25, 0.3) is 0 Å². The quantitative estimate of drug-likeness (QED) is 0.890. The lowest BCUT2D eigenvalue weighted by Gasteiger charge is -2.31. The fraction of sp³-hybridized carbons (Fsp3) is 0.500. The van der Waals surface area contributed by atoms with Gasteiger partial charge in [-0.25, -0.2) is 4.79 Å². The highest BCUT2D eigenvalue weighted by molar-refractivity contribution is 5.96. The van der Waals surface area contributed by atoms with Crippen LogP contribution in [0.25, 0.3) is 0 Å². The molecule has 0 saturated carbocycles. The van der Waals surface area contributed by atoms with Crippen molar-refractivity contribution in [2.45, 2.75) is 38.8 Å². The van der Waals surface area contributed by atoms with Gasteiger partial charge in [0.1, 0.15) is 0 Å². The average molecular weight is 289 g/mol. The minimum atomic E-state index is -0.437. The number of nitrogens with one attached hydrogen (secondary N) is 2. The van der Waals surface area contributed by atoms with Gasteiger partial charge in [0, 0.05) is 6.54 Å². The van der Waals surface area contributed by atoms with Crippen molar-refractivity contribution < 1.29 is 9.59 Å². The predicted molar refractivity (Wildman–Crippen MR) is 81.7 cm³/mol. The van der Waals surface area contributed by atoms with Crippen molar-refractivity contribution in [2.75, 3.05) is 13.1 Å². The Labute approximate surface area is 125 Å². The molecule has 1 aromatic rings. The van der Waals surface area contributed by atoms with Gasteiger partial charge in [-0.15, -0.1) is 0 Å². The molecule has 0 aromatic heterocycles. The molecule has 2 rings (SSSR count). The molecule has 0 aliphatic carbocycles. The molecule has 5 heteroatoms. The van der Waals surface area contributed by atoms with Crippen LogP contribution in [0.5, 0.6) is 0 Å². The number of carbonyl (C=O) groups is 2. The van der Waals surface area contributed by atoms with Gasteiger partial charge in [0.2, 0.25) is 5.91 Å². The lowest BCUT2D eigenvalue weighted by atomic mass is 10.1. The zero-order chi connectivity index (χ0) is 15.1. The zero-order valence-electron chi connectivity index (χ0n) is 12.5. The Morgan fingerprint density at radius 2 is 1.81 bits per heavy atom. The van der Waals surface area contributed by atoms with Crippen molar-refractivity contribution >= 4 is 11.9 Å². The normalized spacial score (nSPS) is 17.0. The zero-order valence-corrected chi connectivity index (χ0v) is 12.5. The van der Waals surface area contributed by atoms with Gasteiger partial charge in [0.05, 0.1) is 6.04 Å². The number of rotatable bonds is 4. The molecule has 0 radical (unpaired) electrons. The second-order valence-corrected chi connectivity index (χ2v) is 5.43. The standard InChI is InChI=1S/C16H23N3O2/c1-13(19-10-6-3-7-11-19)15(20)18-16(21)17-12-14-8-4-2-5-9-14/h2,4-5,8-9,13H,3,6-7,10-12H2,1H3,(H2,17,18,20,21)/t13-/m1/s1. The molecule has 0 spiro atoms. The van der Waals surface area contributed by atoms with E-state index in [4.69, 9.17) is 0 Å². The summed E-state index contributed by atoms with van der Waals surface area (Å²) in [7, 11) is 0. The maximum absolute atomic E-state index is 12.1. The number of benzene rings is 1. The van der Waals surface area contributed by atoms with E-state index in [0.29, 0.717) is 6.54 Å². The first-order valence-electron chi connectivity index (χ1n) is 7.53. The molecule has 1 heterocycles. The number of piperidine rings is 1. The van der Waals surface area contributed by atoms with E-state index in [1.165, 1.54) is 6.42 Å². The molecule has 1 aromatic carbocycles. The summed E-state index contributed by atoms with van der Waals surface area (Å²) in [5, 5.41) is 5.11. The summed E-state index contributed by atoms with van der Waals surface area (Å²) in [6.45, 7) is 4.13. The van der Waals surface area contributed by atoms with E-state index in [-0.39, 0.29) is 11.9 Å². The predicted octanol–water partition coefficient (Wildman–Crippen LogP) is 1.89. The maximum Gasteiger partial charge on any atom is 0.321 e. The Hall–Kier alpha value is -1.88. The molecule has 2 N–H and O–H groups in total. The largest absolute Gasteiger partial charge is 0.334 e. The maximum atomic E-state index is 12.1. The number of hydrogen-bond donors (Lipinski definition) is 2. The molecule has 1 atom stereocenters. The first-order valence-corrected chi connectivity index (χ1v) is 7.53. The van der Waals surface area contributed by atoms with Crippen molar-refractivity contribution in [3.63, 3.8) is 0 Å². The van der Waals surface area contributed by atoms with Crippen LogP contribution in [0.1, 0.15) is 31.7 Å². The topological polar surface area (TPSA) is 61.4 Å².